The van der Waals surface area contributed by atoms with Crippen LogP contribution in [-0.2, 0) is 0 Å². The minimum Gasteiger partial charge on any atom is -0.504 e. The van der Waals surface area contributed by atoms with Gasteiger partial charge in [0.05, 0.1) is 12.7 Å². The van der Waals surface area contributed by atoms with Crippen molar-refractivity contribution in [2.24, 2.45) is 0 Å². The Balaban J connectivity index is 2.15. The number of ether oxygens (including phenoxy) is 1. The number of aromatic hydroxyl groups is 1. The number of benzene rings is 1. The molecule has 0 spiro atoms. The van der Waals surface area contributed by atoms with Crippen molar-refractivity contribution in [2.45, 2.75) is 25.3 Å². The molecular formula is C12H15NO3. The molecule has 0 radical (unpaired) electrons. The third-order valence-corrected chi connectivity index (χ3v) is 2.90. The van der Waals surface area contributed by atoms with E-state index in [9.17, 15) is 9.90 Å². The first-order valence-corrected chi connectivity index (χ1v) is 5.39. The van der Waals surface area contributed by atoms with Crippen LogP contribution in [0.2, 0.25) is 0 Å². The molecule has 2 rings (SSSR count). The van der Waals surface area contributed by atoms with Crippen LogP contribution in [0.3, 0.4) is 0 Å². The van der Waals surface area contributed by atoms with Crippen molar-refractivity contribution in [3.8, 4) is 11.5 Å². The van der Waals surface area contributed by atoms with Gasteiger partial charge in [0.1, 0.15) is 0 Å². The summed E-state index contributed by atoms with van der Waals surface area (Å²) in [4.78, 5) is 11.8. The number of carbonyl (C=O) groups excluding carboxylic acids is 1. The summed E-state index contributed by atoms with van der Waals surface area (Å²) >= 11 is 0. The number of carbonyl (C=O) groups is 1. The fourth-order valence-electron chi connectivity index (χ4n) is 1.69. The number of nitrogens with one attached hydrogen (secondary N) is 1. The zero-order chi connectivity index (χ0) is 11.5. The smallest absolute Gasteiger partial charge is 0.255 e. The van der Waals surface area contributed by atoms with Crippen LogP contribution in [0.25, 0.3) is 0 Å². The summed E-state index contributed by atoms with van der Waals surface area (Å²) in [6.07, 6.45) is 3.21. The minimum absolute atomic E-state index is 0.0955. The zero-order valence-electron chi connectivity index (χ0n) is 9.19. The second-order valence-corrected chi connectivity index (χ2v) is 3.96. The van der Waals surface area contributed by atoms with Crippen LogP contribution in [-0.4, -0.2) is 24.2 Å². The lowest BCUT2D eigenvalue weighted by molar-refractivity contribution is 0.0913. The maximum atomic E-state index is 11.8. The van der Waals surface area contributed by atoms with Gasteiger partial charge < -0.3 is 15.2 Å². The second-order valence-electron chi connectivity index (χ2n) is 3.96. The fraction of sp³-hybridized carbons (Fsp3) is 0.417. The molecule has 0 unspecified atom stereocenters. The summed E-state index contributed by atoms with van der Waals surface area (Å²) in [6.45, 7) is 0. The summed E-state index contributed by atoms with van der Waals surface area (Å²) in [5.41, 5.74) is 0.270. The van der Waals surface area contributed by atoms with E-state index in [0.717, 1.165) is 19.3 Å². The van der Waals surface area contributed by atoms with Gasteiger partial charge in [0.15, 0.2) is 11.5 Å². The molecule has 1 fully saturated rings. The van der Waals surface area contributed by atoms with Crippen LogP contribution in [0.4, 0.5) is 0 Å². The van der Waals surface area contributed by atoms with Gasteiger partial charge in [0.25, 0.3) is 5.91 Å². The summed E-state index contributed by atoms with van der Waals surface area (Å²) in [6, 6.07) is 5.16. The number of hydrogen-bond acceptors (Lipinski definition) is 3. The first kappa shape index (κ1) is 10.8. The van der Waals surface area contributed by atoms with E-state index < -0.39 is 0 Å². The number of phenols is 1. The van der Waals surface area contributed by atoms with Gasteiger partial charge in [-0.25, -0.2) is 0 Å². The molecule has 1 aromatic carbocycles. The van der Waals surface area contributed by atoms with E-state index in [1.807, 2.05) is 0 Å². The number of amides is 1. The molecule has 0 saturated heterocycles. The van der Waals surface area contributed by atoms with Crippen LogP contribution in [0.1, 0.15) is 29.6 Å². The van der Waals surface area contributed by atoms with Gasteiger partial charge in [0, 0.05) is 6.04 Å². The fourth-order valence-corrected chi connectivity index (χ4v) is 1.69. The molecule has 4 heteroatoms. The molecule has 1 aromatic rings. The van der Waals surface area contributed by atoms with Crippen molar-refractivity contribution >= 4 is 5.91 Å². The van der Waals surface area contributed by atoms with Crippen molar-refractivity contribution < 1.29 is 14.6 Å². The van der Waals surface area contributed by atoms with Gasteiger partial charge in [-0.2, -0.15) is 0 Å². The largest absolute Gasteiger partial charge is 0.504 e. The second kappa shape index (κ2) is 4.43. The molecule has 1 amide bonds. The molecular weight excluding hydrogens is 206 g/mol. The van der Waals surface area contributed by atoms with E-state index in [-0.39, 0.29) is 23.3 Å². The first-order valence-electron chi connectivity index (χ1n) is 5.39. The Morgan fingerprint density at radius 3 is 2.81 bits per heavy atom. The highest BCUT2D eigenvalue weighted by atomic mass is 16.5. The maximum absolute atomic E-state index is 11.8. The lowest BCUT2D eigenvalue weighted by Gasteiger charge is -2.26. The molecule has 0 aliphatic heterocycles. The predicted octanol–water partition coefficient (Wildman–Crippen LogP) is 1.68. The highest BCUT2D eigenvalue weighted by molar-refractivity contribution is 5.97. The van der Waals surface area contributed by atoms with Crippen molar-refractivity contribution in [1.29, 1.82) is 0 Å². The highest BCUT2D eigenvalue weighted by Gasteiger charge is 2.22. The van der Waals surface area contributed by atoms with Crippen LogP contribution in [0, 0.1) is 0 Å². The molecule has 0 bridgehead atoms. The average Bonchev–Trinajstić information content (AvgIpc) is 2.23. The Morgan fingerprint density at radius 1 is 1.50 bits per heavy atom. The topological polar surface area (TPSA) is 58.6 Å². The number of rotatable bonds is 3. The van der Waals surface area contributed by atoms with Crippen molar-refractivity contribution in [3.05, 3.63) is 23.8 Å². The molecule has 4 nitrogen and oxygen atoms in total. The Labute approximate surface area is 94.2 Å². The van der Waals surface area contributed by atoms with Gasteiger partial charge >= 0.3 is 0 Å². The molecule has 0 atom stereocenters. The van der Waals surface area contributed by atoms with Crippen molar-refractivity contribution in [2.75, 3.05) is 7.11 Å². The summed E-state index contributed by atoms with van der Waals surface area (Å²) in [5.74, 6) is -0.0100. The number of para-hydroxylation sites is 1. The lowest BCUT2D eigenvalue weighted by atomic mass is 9.93. The molecule has 0 aromatic heterocycles. The molecule has 0 heterocycles. The predicted molar refractivity (Wildman–Crippen MR) is 59.8 cm³/mol. The van der Waals surface area contributed by atoms with Gasteiger partial charge in [-0.3, -0.25) is 4.79 Å². The molecule has 1 saturated carbocycles. The molecule has 1 aliphatic rings. The van der Waals surface area contributed by atoms with E-state index in [4.69, 9.17) is 4.74 Å². The molecule has 2 N–H and O–H groups in total. The van der Waals surface area contributed by atoms with E-state index in [1.54, 1.807) is 18.2 Å². The monoisotopic (exact) mass is 221 g/mol. The summed E-state index contributed by atoms with van der Waals surface area (Å²) in [7, 11) is 1.46. The maximum Gasteiger partial charge on any atom is 0.255 e. The number of methoxy groups -OCH3 is 1. The van der Waals surface area contributed by atoms with Crippen molar-refractivity contribution in [1.82, 2.24) is 5.32 Å². The molecule has 16 heavy (non-hydrogen) atoms. The standard InChI is InChI=1S/C12H15NO3/c1-16-10-7-3-6-9(11(10)14)12(15)13-8-4-2-5-8/h3,6-8,14H,2,4-5H2,1H3,(H,13,15). The highest BCUT2D eigenvalue weighted by Crippen LogP contribution is 2.29. The lowest BCUT2D eigenvalue weighted by Crippen LogP contribution is -2.39. The van der Waals surface area contributed by atoms with E-state index in [0.29, 0.717) is 5.75 Å². The van der Waals surface area contributed by atoms with Gasteiger partial charge in [-0.15, -0.1) is 0 Å². The van der Waals surface area contributed by atoms with Crippen LogP contribution in [0.5, 0.6) is 11.5 Å². The quantitative estimate of drug-likeness (QED) is 0.816. The Morgan fingerprint density at radius 2 is 2.25 bits per heavy atom. The molecule has 1 aliphatic carbocycles. The summed E-state index contributed by atoms with van der Waals surface area (Å²) in [5, 5.41) is 12.6. The Hall–Kier alpha value is -1.71. The van der Waals surface area contributed by atoms with Crippen LogP contribution >= 0.6 is 0 Å². The molecule has 86 valence electrons. The van der Waals surface area contributed by atoms with Crippen LogP contribution in [0.15, 0.2) is 18.2 Å². The first-order chi connectivity index (χ1) is 7.72. The van der Waals surface area contributed by atoms with Gasteiger partial charge in [0.2, 0.25) is 0 Å². The third-order valence-electron chi connectivity index (χ3n) is 2.90. The minimum atomic E-state index is -0.235. The van der Waals surface area contributed by atoms with E-state index in [1.165, 1.54) is 7.11 Å². The van der Waals surface area contributed by atoms with Gasteiger partial charge in [-0.05, 0) is 31.4 Å². The number of hydrogen-bond donors (Lipinski definition) is 2. The third kappa shape index (κ3) is 1.96. The van der Waals surface area contributed by atoms with Crippen molar-refractivity contribution in [3.63, 3.8) is 0 Å². The summed E-state index contributed by atoms with van der Waals surface area (Å²) < 4.78 is 4.95. The Kier molecular flexibility index (Phi) is 2.99. The Bertz CT molecular complexity index is 399. The van der Waals surface area contributed by atoms with Crippen LogP contribution < -0.4 is 10.1 Å². The average molecular weight is 221 g/mol. The van der Waals surface area contributed by atoms with E-state index in [2.05, 4.69) is 5.32 Å². The normalized spacial score (nSPS) is 15.3. The van der Waals surface area contributed by atoms with Gasteiger partial charge in [-0.1, -0.05) is 6.07 Å². The SMILES string of the molecule is COc1cccc(C(=O)NC2CCC2)c1O. The zero-order valence-corrected chi connectivity index (χ0v) is 9.19. The number of phenolic OH excluding ortho intramolecular Hbond substituents is 1. The van der Waals surface area contributed by atoms with E-state index >= 15 is 0 Å².